The van der Waals surface area contributed by atoms with Crippen molar-refractivity contribution in [3.05, 3.63) is 71.8 Å². The van der Waals surface area contributed by atoms with E-state index in [0.717, 1.165) is 11.1 Å². The van der Waals surface area contributed by atoms with Gasteiger partial charge in [-0.2, -0.15) is 5.26 Å². The number of aryl methyl sites for hydroxylation is 1. The fourth-order valence-corrected chi connectivity index (χ4v) is 2.73. The molecule has 2 aromatic carbocycles. The zero-order chi connectivity index (χ0) is 17.3. The quantitative estimate of drug-likeness (QED) is 0.791. The van der Waals surface area contributed by atoms with E-state index in [1.807, 2.05) is 18.2 Å². The molecular weight excluding hydrogens is 307 g/mol. The fraction of sp³-hybridized carbons (Fsp3) is 0.0526. The van der Waals surface area contributed by atoms with Crippen LogP contribution < -0.4 is 0 Å². The number of halogens is 1. The summed E-state index contributed by atoms with van der Waals surface area (Å²) < 4.78 is 14.4. The highest BCUT2D eigenvalue weighted by Crippen LogP contribution is 2.31. The van der Waals surface area contributed by atoms with Crippen molar-refractivity contribution in [1.29, 1.82) is 5.26 Å². The van der Waals surface area contributed by atoms with Crippen LogP contribution >= 0.6 is 0 Å². The third kappa shape index (κ3) is 2.66. The Kier molecular flexibility index (Phi) is 3.88. The summed E-state index contributed by atoms with van der Waals surface area (Å²) in [6.07, 6.45) is 1.51. The third-order valence-electron chi connectivity index (χ3n) is 3.86. The molecule has 0 saturated carbocycles. The number of carbonyl (C=O) groups is 1. The molecular formula is C19H13FN2O2. The Balaban J connectivity index is 2.08. The van der Waals surface area contributed by atoms with Crippen molar-refractivity contribution in [2.45, 2.75) is 0 Å². The van der Waals surface area contributed by atoms with Crippen LogP contribution in [-0.2, 0) is 7.05 Å². The first kappa shape index (κ1) is 15.5. The number of hydrogen-bond acceptors (Lipinski definition) is 2. The standard InChI is InChI=1S/C19H13FN2O2/c1-22-11-15(10-21)17(18(22)19(23)24)14-4-2-12(3-5-14)13-6-8-16(20)9-7-13/h2-9,11H,1H3,(H,23,24). The normalized spacial score (nSPS) is 10.4. The second kappa shape index (κ2) is 6.01. The number of carboxylic acid groups (broad SMARTS) is 1. The molecule has 118 valence electrons. The molecule has 0 aliphatic heterocycles. The van der Waals surface area contributed by atoms with Crippen LogP contribution in [0, 0.1) is 17.1 Å². The largest absolute Gasteiger partial charge is 0.477 e. The van der Waals surface area contributed by atoms with Gasteiger partial charge in [-0.3, -0.25) is 0 Å². The van der Waals surface area contributed by atoms with Crippen LogP contribution in [0.25, 0.3) is 22.3 Å². The van der Waals surface area contributed by atoms with Gasteiger partial charge in [-0.1, -0.05) is 36.4 Å². The van der Waals surface area contributed by atoms with E-state index in [2.05, 4.69) is 0 Å². The van der Waals surface area contributed by atoms with Gasteiger partial charge >= 0.3 is 5.97 Å². The molecule has 0 amide bonds. The molecule has 4 nitrogen and oxygen atoms in total. The number of aromatic carboxylic acids is 1. The van der Waals surface area contributed by atoms with Crippen molar-refractivity contribution < 1.29 is 14.3 Å². The van der Waals surface area contributed by atoms with Crippen molar-refractivity contribution >= 4 is 5.97 Å². The maximum Gasteiger partial charge on any atom is 0.353 e. The Morgan fingerprint density at radius 1 is 1.04 bits per heavy atom. The highest BCUT2D eigenvalue weighted by atomic mass is 19.1. The second-order valence-corrected chi connectivity index (χ2v) is 5.38. The van der Waals surface area contributed by atoms with E-state index in [0.29, 0.717) is 16.7 Å². The molecule has 0 spiro atoms. The molecule has 0 bridgehead atoms. The molecule has 0 atom stereocenters. The summed E-state index contributed by atoms with van der Waals surface area (Å²) in [5.74, 6) is -1.39. The van der Waals surface area contributed by atoms with E-state index in [1.54, 1.807) is 31.3 Å². The summed E-state index contributed by atoms with van der Waals surface area (Å²) in [7, 11) is 1.60. The van der Waals surface area contributed by atoms with Gasteiger partial charge in [0.15, 0.2) is 0 Å². The maximum atomic E-state index is 13.0. The Morgan fingerprint density at radius 2 is 1.54 bits per heavy atom. The Morgan fingerprint density at radius 3 is 2.04 bits per heavy atom. The average molecular weight is 320 g/mol. The topological polar surface area (TPSA) is 66.0 Å². The monoisotopic (exact) mass is 320 g/mol. The molecule has 0 radical (unpaired) electrons. The minimum atomic E-state index is -1.09. The lowest BCUT2D eigenvalue weighted by atomic mass is 9.98. The molecule has 24 heavy (non-hydrogen) atoms. The summed E-state index contributed by atoms with van der Waals surface area (Å²) in [6, 6.07) is 15.3. The van der Waals surface area contributed by atoms with Crippen LogP contribution in [0.5, 0.6) is 0 Å². The number of nitriles is 1. The molecule has 1 aromatic heterocycles. The van der Waals surface area contributed by atoms with Gasteiger partial charge in [0.1, 0.15) is 17.6 Å². The Bertz CT molecular complexity index is 949. The predicted molar refractivity (Wildman–Crippen MR) is 87.9 cm³/mol. The lowest BCUT2D eigenvalue weighted by Crippen LogP contribution is -2.05. The van der Waals surface area contributed by atoms with Crippen LogP contribution in [0.4, 0.5) is 4.39 Å². The SMILES string of the molecule is Cn1cc(C#N)c(-c2ccc(-c3ccc(F)cc3)cc2)c1C(=O)O. The van der Waals surface area contributed by atoms with Crippen LogP contribution in [0.15, 0.2) is 54.7 Å². The van der Waals surface area contributed by atoms with Gasteiger partial charge in [0.05, 0.1) is 5.56 Å². The molecule has 5 heteroatoms. The smallest absolute Gasteiger partial charge is 0.353 e. The summed E-state index contributed by atoms with van der Waals surface area (Å²) in [5.41, 5.74) is 3.17. The van der Waals surface area contributed by atoms with E-state index in [-0.39, 0.29) is 11.5 Å². The minimum absolute atomic E-state index is 0.0704. The van der Waals surface area contributed by atoms with E-state index >= 15 is 0 Å². The highest BCUT2D eigenvalue weighted by molar-refractivity contribution is 5.96. The Hall–Kier alpha value is -3.39. The summed E-state index contributed by atoms with van der Waals surface area (Å²) in [6.45, 7) is 0. The van der Waals surface area contributed by atoms with Gasteiger partial charge in [-0.05, 0) is 28.8 Å². The minimum Gasteiger partial charge on any atom is -0.477 e. The van der Waals surface area contributed by atoms with E-state index in [4.69, 9.17) is 0 Å². The van der Waals surface area contributed by atoms with Crippen molar-refractivity contribution in [2.75, 3.05) is 0 Å². The lowest BCUT2D eigenvalue weighted by molar-refractivity contribution is 0.0687. The van der Waals surface area contributed by atoms with Crippen molar-refractivity contribution in [3.8, 4) is 28.3 Å². The van der Waals surface area contributed by atoms with Crippen LogP contribution in [0.2, 0.25) is 0 Å². The molecule has 3 rings (SSSR count). The third-order valence-corrected chi connectivity index (χ3v) is 3.86. The average Bonchev–Trinajstić information content (AvgIpc) is 2.92. The molecule has 0 aliphatic carbocycles. The number of nitrogens with zero attached hydrogens (tertiary/aromatic N) is 2. The summed E-state index contributed by atoms with van der Waals surface area (Å²) >= 11 is 0. The molecule has 1 heterocycles. The lowest BCUT2D eigenvalue weighted by Gasteiger charge is -2.06. The van der Waals surface area contributed by atoms with Crippen LogP contribution in [-0.4, -0.2) is 15.6 Å². The van der Waals surface area contributed by atoms with Gasteiger partial charge in [-0.15, -0.1) is 0 Å². The molecule has 1 N–H and O–H groups in total. The fourth-order valence-electron chi connectivity index (χ4n) is 2.73. The zero-order valence-corrected chi connectivity index (χ0v) is 12.8. The van der Waals surface area contributed by atoms with Gasteiger partial charge in [0, 0.05) is 18.8 Å². The second-order valence-electron chi connectivity index (χ2n) is 5.38. The van der Waals surface area contributed by atoms with Gasteiger partial charge in [0.25, 0.3) is 0 Å². The van der Waals surface area contributed by atoms with Gasteiger partial charge in [-0.25, -0.2) is 9.18 Å². The van der Waals surface area contributed by atoms with Crippen LogP contribution in [0.1, 0.15) is 16.1 Å². The molecule has 3 aromatic rings. The number of aromatic nitrogens is 1. The summed E-state index contributed by atoms with van der Waals surface area (Å²) in [4.78, 5) is 11.5. The van der Waals surface area contributed by atoms with Crippen molar-refractivity contribution in [1.82, 2.24) is 4.57 Å². The first-order chi connectivity index (χ1) is 11.5. The van der Waals surface area contributed by atoms with Crippen molar-refractivity contribution in [3.63, 3.8) is 0 Å². The van der Waals surface area contributed by atoms with Gasteiger partial charge in [0.2, 0.25) is 0 Å². The van der Waals surface area contributed by atoms with E-state index in [9.17, 15) is 19.6 Å². The van der Waals surface area contributed by atoms with E-state index in [1.165, 1.54) is 22.9 Å². The van der Waals surface area contributed by atoms with E-state index < -0.39 is 5.97 Å². The predicted octanol–water partition coefficient (Wildman–Crippen LogP) is 4.07. The first-order valence-electron chi connectivity index (χ1n) is 7.20. The Labute approximate surface area is 138 Å². The highest BCUT2D eigenvalue weighted by Gasteiger charge is 2.21. The molecule has 0 fully saturated rings. The van der Waals surface area contributed by atoms with Gasteiger partial charge < -0.3 is 9.67 Å². The maximum absolute atomic E-state index is 13.0. The molecule has 0 aliphatic rings. The first-order valence-corrected chi connectivity index (χ1v) is 7.20. The number of hydrogen-bond donors (Lipinski definition) is 1. The van der Waals surface area contributed by atoms with Crippen molar-refractivity contribution in [2.24, 2.45) is 7.05 Å². The summed E-state index contributed by atoms with van der Waals surface area (Å²) in [5, 5.41) is 18.7. The number of rotatable bonds is 3. The number of carboxylic acids is 1. The molecule has 0 unspecified atom stereocenters. The van der Waals surface area contributed by atoms with Crippen LogP contribution in [0.3, 0.4) is 0 Å². The molecule has 0 saturated heterocycles. The number of benzene rings is 2. The zero-order valence-electron chi connectivity index (χ0n) is 12.8.